The van der Waals surface area contributed by atoms with Gasteiger partial charge in [0.15, 0.2) is 0 Å². The molecule has 0 saturated carbocycles. The van der Waals surface area contributed by atoms with E-state index in [9.17, 15) is 4.79 Å². The molecule has 0 saturated heterocycles. The minimum Gasteiger partial charge on any atom is -0.477 e. The maximum absolute atomic E-state index is 11.1. The molecule has 0 aliphatic carbocycles. The summed E-state index contributed by atoms with van der Waals surface area (Å²) >= 11 is 0. The number of benzene rings is 1. The summed E-state index contributed by atoms with van der Waals surface area (Å²) in [6.45, 7) is 6.43. The Morgan fingerprint density at radius 3 is 2.39 bits per heavy atom. The van der Waals surface area contributed by atoms with Gasteiger partial charge in [-0.25, -0.2) is 9.78 Å². The highest BCUT2D eigenvalue weighted by atomic mass is 16.4. The van der Waals surface area contributed by atoms with Crippen LogP contribution in [0.5, 0.6) is 0 Å². The fraction of sp³-hybridized carbons (Fsp3) is 0.286. The molecule has 94 valence electrons. The van der Waals surface area contributed by atoms with Crippen LogP contribution in [0.4, 0.5) is 0 Å². The van der Waals surface area contributed by atoms with Crippen LogP contribution in [0.2, 0.25) is 0 Å². The molecule has 1 N–H and O–H groups in total. The molecule has 1 aromatic heterocycles. The summed E-state index contributed by atoms with van der Waals surface area (Å²) in [4.78, 5) is 15.2. The maximum Gasteiger partial charge on any atom is 0.354 e. The average molecular weight is 244 g/mol. The molecule has 1 heterocycles. The minimum absolute atomic E-state index is 0.228. The van der Waals surface area contributed by atoms with E-state index in [1.165, 1.54) is 17.3 Å². The SMILES string of the molecule is Cc1cc(C)cc(Cn2c(C(=O)O)cnc2C)c1. The maximum atomic E-state index is 11.1. The van der Waals surface area contributed by atoms with Crippen molar-refractivity contribution >= 4 is 5.97 Å². The molecule has 0 aliphatic rings. The minimum atomic E-state index is -0.944. The number of carbonyl (C=O) groups is 1. The Morgan fingerprint density at radius 2 is 1.83 bits per heavy atom. The van der Waals surface area contributed by atoms with Crippen LogP contribution in [0.25, 0.3) is 0 Å². The van der Waals surface area contributed by atoms with E-state index >= 15 is 0 Å². The molecule has 2 aromatic rings. The van der Waals surface area contributed by atoms with E-state index in [1.54, 1.807) is 4.57 Å². The fourth-order valence-electron chi connectivity index (χ4n) is 2.18. The van der Waals surface area contributed by atoms with Crippen LogP contribution in [0.3, 0.4) is 0 Å². The van der Waals surface area contributed by atoms with Crippen molar-refractivity contribution in [3.05, 3.63) is 52.6 Å². The van der Waals surface area contributed by atoms with Gasteiger partial charge in [-0.2, -0.15) is 0 Å². The number of rotatable bonds is 3. The zero-order valence-corrected chi connectivity index (χ0v) is 10.8. The van der Waals surface area contributed by atoms with Gasteiger partial charge in [-0.05, 0) is 26.3 Å². The van der Waals surface area contributed by atoms with E-state index in [0.717, 1.165) is 5.56 Å². The third-order valence-corrected chi connectivity index (χ3v) is 2.90. The second-order valence-electron chi connectivity index (χ2n) is 4.58. The van der Waals surface area contributed by atoms with Crippen LogP contribution in [0.1, 0.15) is 33.0 Å². The lowest BCUT2D eigenvalue weighted by molar-refractivity contribution is 0.0685. The number of aromatic nitrogens is 2. The van der Waals surface area contributed by atoms with Crippen molar-refractivity contribution in [2.45, 2.75) is 27.3 Å². The van der Waals surface area contributed by atoms with Crippen LogP contribution in [-0.4, -0.2) is 20.6 Å². The summed E-state index contributed by atoms with van der Waals surface area (Å²) in [5.74, 6) is -0.230. The molecule has 0 atom stereocenters. The van der Waals surface area contributed by atoms with Gasteiger partial charge in [-0.15, -0.1) is 0 Å². The Morgan fingerprint density at radius 1 is 1.22 bits per heavy atom. The highest BCUT2D eigenvalue weighted by Crippen LogP contribution is 2.13. The van der Waals surface area contributed by atoms with Crippen molar-refractivity contribution < 1.29 is 9.90 Å². The topological polar surface area (TPSA) is 55.1 Å². The van der Waals surface area contributed by atoms with Gasteiger partial charge in [-0.1, -0.05) is 29.3 Å². The molecule has 0 spiro atoms. The summed E-state index contributed by atoms with van der Waals surface area (Å²) in [7, 11) is 0. The number of imidazole rings is 1. The highest BCUT2D eigenvalue weighted by molar-refractivity contribution is 5.85. The van der Waals surface area contributed by atoms with Crippen molar-refractivity contribution in [2.24, 2.45) is 0 Å². The summed E-state index contributed by atoms with van der Waals surface area (Å²) in [5.41, 5.74) is 3.68. The molecule has 1 aromatic carbocycles. The lowest BCUT2D eigenvalue weighted by atomic mass is 10.1. The molecule has 2 rings (SSSR count). The summed E-state index contributed by atoms with van der Waals surface area (Å²) < 4.78 is 1.72. The van der Waals surface area contributed by atoms with Crippen molar-refractivity contribution in [1.82, 2.24) is 9.55 Å². The fourth-order valence-corrected chi connectivity index (χ4v) is 2.18. The van der Waals surface area contributed by atoms with Crippen LogP contribution in [0, 0.1) is 20.8 Å². The number of carboxylic acid groups (broad SMARTS) is 1. The quantitative estimate of drug-likeness (QED) is 0.902. The Hall–Kier alpha value is -2.10. The number of aryl methyl sites for hydroxylation is 3. The first-order valence-electron chi connectivity index (χ1n) is 5.80. The molecule has 0 aliphatic heterocycles. The first-order valence-corrected chi connectivity index (χ1v) is 5.80. The summed E-state index contributed by atoms with van der Waals surface area (Å²) in [6, 6.07) is 6.23. The lowest BCUT2D eigenvalue weighted by Gasteiger charge is -2.09. The average Bonchev–Trinajstić information content (AvgIpc) is 2.59. The number of carboxylic acids is 1. The monoisotopic (exact) mass is 244 g/mol. The standard InChI is InChI=1S/C14H16N2O2/c1-9-4-10(2)6-12(5-9)8-16-11(3)15-7-13(16)14(17)18/h4-7H,8H2,1-3H3,(H,17,18). The summed E-state index contributed by atoms with van der Waals surface area (Å²) in [5, 5.41) is 9.11. The number of hydrogen-bond donors (Lipinski definition) is 1. The Balaban J connectivity index is 2.39. The highest BCUT2D eigenvalue weighted by Gasteiger charge is 2.13. The predicted octanol–water partition coefficient (Wildman–Crippen LogP) is 2.55. The van der Waals surface area contributed by atoms with E-state index in [0.29, 0.717) is 12.4 Å². The van der Waals surface area contributed by atoms with Gasteiger partial charge in [0.05, 0.1) is 6.20 Å². The molecular weight excluding hydrogens is 228 g/mol. The van der Waals surface area contributed by atoms with E-state index in [2.05, 4.69) is 23.2 Å². The number of nitrogens with zero attached hydrogens (tertiary/aromatic N) is 2. The molecule has 0 amide bonds. The second-order valence-corrected chi connectivity index (χ2v) is 4.58. The molecule has 0 fully saturated rings. The van der Waals surface area contributed by atoms with Crippen LogP contribution < -0.4 is 0 Å². The van der Waals surface area contributed by atoms with Crippen molar-refractivity contribution in [1.29, 1.82) is 0 Å². The van der Waals surface area contributed by atoms with Crippen molar-refractivity contribution in [3.8, 4) is 0 Å². The van der Waals surface area contributed by atoms with Gasteiger partial charge < -0.3 is 9.67 Å². The van der Waals surface area contributed by atoms with Gasteiger partial charge in [0, 0.05) is 6.54 Å². The lowest BCUT2D eigenvalue weighted by Crippen LogP contribution is -2.11. The predicted molar refractivity (Wildman–Crippen MR) is 68.9 cm³/mol. The summed E-state index contributed by atoms with van der Waals surface area (Å²) in [6.07, 6.45) is 1.40. The molecule has 18 heavy (non-hydrogen) atoms. The molecule has 0 radical (unpaired) electrons. The van der Waals surface area contributed by atoms with Gasteiger partial charge in [-0.3, -0.25) is 0 Å². The van der Waals surface area contributed by atoms with Crippen LogP contribution in [-0.2, 0) is 6.54 Å². The van der Waals surface area contributed by atoms with Crippen molar-refractivity contribution in [3.63, 3.8) is 0 Å². The van der Waals surface area contributed by atoms with E-state index in [4.69, 9.17) is 5.11 Å². The van der Waals surface area contributed by atoms with Crippen molar-refractivity contribution in [2.75, 3.05) is 0 Å². The Bertz CT molecular complexity index is 580. The smallest absolute Gasteiger partial charge is 0.354 e. The molecule has 4 nitrogen and oxygen atoms in total. The zero-order valence-electron chi connectivity index (χ0n) is 10.8. The van der Waals surface area contributed by atoms with Crippen LogP contribution >= 0.6 is 0 Å². The third-order valence-electron chi connectivity index (χ3n) is 2.90. The first-order chi connectivity index (χ1) is 8.47. The van der Waals surface area contributed by atoms with Gasteiger partial charge in [0.25, 0.3) is 0 Å². The first kappa shape index (κ1) is 12.4. The van der Waals surface area contributed by atoms with Gasteiger partial charge in [0.1, 0.15) is 11.5 Å². The largest absolute Gasteiger partial charge is 0.477 e. The van der Waals surface area contributed by atoms with Gasteiger partial charge in [0.2, 0.25) is 0 Å². The van der Waals surface area contributed by atoms with E-state index in [-0.39, 0.29) is 5.69 Å². The number of hydrogen-bond acceptors (Lipinski definition) is 2. The zero-order chi connectivity index (χ0) is 13.3. The normalized spacial score (nSPS) is 10.6. The van der Waals surface area contributed by atoms with E-state index in [1.807, 2.05) is 20.8 Å². The second kappa shape index (κ2) is 4.64. The Labute approximate surface area is 106 Å². The molecule has 0 bridgehead atoms. The molecule has 4 heteroatoms. The van der Waals surface area contributed by atoms with Gasteiger partial charge >= 0.3 is 5.97 Å². The third kappa shape index (κ3) is 2.42. The molecule has 0 unspecified atom stereocenters. The Kier molecular flexibility index (Phi) is 3.19. The van der Waals surface area contributed by atoms with Crippen LogP contribution in [0.15, 0.2) is 24.4 Å². The van der Waals surface area contributed by atoms with E-state index < -0.39 is 5.97 Å². The molecular formula is C14H16N2O2. The number of aromatic carboxylic acids is 1.